The van der Waals surface area contributed by atoms with Gasteiger partial charge in [0.1, 0.15) is 8.02 Å². The Morgan fingerprint density at radius 1 is 1.00 bits per heavy atom. The van der Waals surface area contributed by atoms with Crippen LogP contribution in [-0.2, 0) is 11.8 Å². The monoisotopic (exact) mass is 154 g/mol. The van der Waals surface area contributed by atoms with Crippen molar-refractivity contribution in [3.63, 3.8) is 0 Å². The molecule has 0 radical (unpaired) electrons. The van der Waals surface area contributed by atoms with Gasteiger partial charge in [-0.2, -0.15) is 0 Å². The number of hydrogen-bond donors (Lipinski definition) is 1. The molecule has 0 heterocycles. The van der Waals surface area contributed by atoms with Gasteiger partial charge in [0.05, 0.1) is 0 Å². The zero-order valence-electron chi connectivity index (χ0n) is 2.51. The summed E-state index contributed by atoms with van der Waals surface area (Å²) < 4.78 is 0. The Labute approximate surface area is 51.2 Å². The average molecular weight is 155 g/mol. The molecule has 1 atom stereocenters. The standard InChI is InChI=1S/2ClH.H3N.HPS/c;;;1-2/h2*1H;1H3;1H/p+1. The first-order valence-electron chi connectivity index (χ1n) is 0.236. The van der Waals surface area contributed by atoms with Gasteiger partial charge in [-0.15, -0.1) is 24.8 Å². The highest BCUT2D eigenvalue weighted by Gasteiger charge is 0.856. The van der Waals surface area contributed by atoms with Crippen LogP contribution in [0.25, 0.3) is 0 Å². The van der Waals surface area contributed by atoms with E-state index in [0.717, 1.165) is 0 Å². The zero-order valence-corrected chi connectivity index (χ0v) is 6.11. The molecule has 5 heteroatoms. The molecule has 0 amide bonds. The molecule has 0 spiro atoms. The minimum absolute atomic E-state index is 0. The van der Waals surface area contributed by atoms with Crippen LogP contribution in [0.4, 0.5) is 0 Å². The molecule has 5 heavy (non-hydrogen) atoms. The van der Waals surface area contributed by atoms with E-state index in [-0.39, 0.29) is 31.0 Å². The molecule has 1 unspecified atom stereocenters. The molecule has 0 rings (SSSR count). The summed E-state index contributed by atoms with van der Waals surface area (Å²) in [4.78, 5) is 0. The minimum Gasteiger partial charge on any atom is -0.344 e. The number of hydrogen-bond acceptors (Lipinski definition) is 2. The van der Waals surface area contributed by atoms with Gasteiger partial charge < -0.3 is 6.15 Å². The molecule has 0 aliphatic heterocycles. The smallest absolute Gasteiger partial charge is 0.153 e. The van der Waals surface area contributed by atoms with Gasteiger partial charge in [-0.1, -0.05) is 0 Å². The van der Waals surface area contributed by atoms with Crippen LogP contribution in [0.1, 0.15) is 0 Å². The van der Waals surface area contributed by atoms with E-state index in [2.05, 4.69) is 11.8 Å². The SMILES string of the molecule is Cl.Cl.N.[PH2+]=S. The van der Waals surface area contributed by atoms with E-state index in [9.17, 15) is 0 Å². The zero-order chi connectivity index (χ0) is 2.00. The van der Waals surface area contributed by atoms with Crippen molar-refractivity contribution in [2.75, 3.05) is 0 Å². The third-order valence-electron chi connectivity index (χ3n) is 0. The van der Waals surface area contributed by atoms with Gasteiger partial charge in [0.25, 0.3) is 0 Å². The Morgan fingerprint density at radius 2 is 1.00 bits per heavy atom. The average Bonchev–Trinajstić information content (AvgIpc) is 1.00. The van der Waals surface area contributed by atoms with Crippen molar-refractivity contribution in [1.29, 1.82) is 0 Å². The van der Waals surface area contributed by atoms with Crippen molar-refractivity contribution < 1.29 is 0 Å². The molecule has 0 aromatic heterocycles. The maximum Gasteiger partial charge on any atom is 0.153 e. The van der Waals surface area contributed by atoms with Gasteiger partial charge in [-0.05, 0) is 0 Å². The maximum atomic E-state index is 4.00. The molecule has 0 saturated carbocycles. The van der Waals surface area contributed by atoms with E-state index < -0.39 is 0 Å². The third-order valence-corrected chi connectivity index (χ3v) is 0. The summed E-state index contributed by atoms with van der Waals surface area (Å²) in [6.45, 7) is 0. The molecule has 1 nitrogen and oxygen atoms in total. The summed E-state index contributed by atoms with van der Waals surface area (Å²) in [5, 5.41) is 0. The topological polar surface area (TPSA) is 35.0 Å². The van der Waals surface area contributed by atoms with Crippen LogP contribution in [0.3, 0.4) is 0 Å². The second-order valence-electron chi connectivity index (χ2n) is 0. The van der Waals surface area contributed by atoms with Crippen molar-refractivity contribution in [3.8, 4) is 0 Å². The lowest BCUT2D eigenvalue weighted by atomic mass is 14.0. The molecule has 0 fully saturated rings. The first kappa shape index (κ1) is 36.6. The predicted molar refractivity (Wildman–Crippen MR) is 36.6 cm³/mol. The highest BCUT2D eigenvalue weighted by atomic mass is 35.5. The Morgan fingerprint density at radius 3 is 1.00 bits per heavy atom. The van der Waals surface area contributed by atoms with Crippen LogP contribution in [0.15, 0.2) is 0 Å². The second kappa shape index (κ2) is 74.2. The van der Waals surface area contributed by atoms with Gasteiger partial charge >= 0.3 is 0 Å². The van der Waals surface area contributed by atoms with E-state index in [1.807, 2.05) is 8.02 Å². The van der Waals surface area contributed by atoms with Gasteiger partial charge in [0.2, 0.25) is 0 Å². The molecule has 0 aliphatic carbocycles. The van der Waals surface area contributed by atoms with E-state index >= 15 is 0 Å². The first-order valence-corrected chi connectivity index (χ1v) is 2.12. The molecule has 0 aromatic carbocycles. The van der Waals surface area contributed by atoms with Crippen molar-refractivity contribution >= 4 is 44.6 Å². The lowest BCUT2D eigenvalue weighted by Gasteiger charge is -0.558. The number of halogens is 2. The van der Waals surface area contributed by atoms with E-state index in [4.69, 9.17) is 0 Å². The Balaban J connectivity index is -0.00000000167. The normalized spacial score (nSPS) is 0.800. The summed E-state index contributed by atoms with van der Waals surface area (Å²) in [7, 11) is 2.00. The van der Waals surface area contributed by atoms with Gasteiger partial charge in [-0.25, -0.2) is 0 Å². The van der Waals surface area contributed by atoms with Crippen LogP contribution < -0.4 is 6.15 Å². The fourth-order valence-electron chi connectivity index (χ4n) is 0. The summed E-state index contributed by atoms with van der Waals surface area (Å²) in [6, 6.07) is 0. The molecule has 36 valence electrons. The maximum absolute atomic E-state index is 4.00. The van der Waals surface area contributed by atoms with Crippen molar-refractivity contribution in [1.82, 2.24) is 6.15 Å². The summed E-state index contributed by atoms with van der Waals surface area (Å²) in [6.07, 6.45) is 0. The van der Waals surface area contributed by atoms with Crippen molar-refractivity contribution in [2.45, 2.75) is 0 Å². The largest absolute Gasteiger partial charge is 0.344 e. The first-order chi connectivity index (χ1) is 1.00. The lowest BCUT2D eigenvalue weighted by Crippen LogP contribution is -0.481. The highest BCUT2D eigenvalue weighted by molar-refractivity contribution is 7.88. The summed E-state index contributed by atoms with van der Waals surface area (Å²) in [5.74, 6) is 0. The second-order valence-corrected chi connectivity index (χ2v) is 0. The quantitative estimate of drug-likeness (QED) is 0.535. The van der Waals surface area contributed by atoms with E-state index in [1.165, 1.54) is 0 Å². The third kappa shape index (κ3) is 42.2. The lowest BCUT2D eigenvalue weighted by molar-refractivity contribution is 2.13. The fraction of sp³-hybridized carbons (Fsp3) is 0. The Hall–Kier alpha value is 1.06. The van der Waals surface area contributed by atoms with Crippen LogP contribution in [0, 0.1) is 0 Å². The number of rotatable bonds is 0. The molecular formula is H7Cl2NPS+. The van der Waals surface area contributed by atoms with Crippen molar-refractivity contribution in [3.05, 3.63) is 0 Å². The van der Waals surface area contributed by atoms with Crippen LogP contribution in [0.2, 0.25) is 0 Å². The van der Waals surface area contributed by atoms with Crippen LogP contribution >= 0.6 is 32.8 Å². The molecule has 0 aromatic rings. The highest BCUT2D eigenvalue weighted by Crippen LogP contribution is 1.26. The molecule has 0 bridgehead atoms. The molecule has 3 N–H and O–H groups in total. The van der Waals surface area contributed by atoms with E-state index in [1.54, 1.807) is 0 Å². The Kier molecular flexibility index (Phi) is 543. The minimum atomic E-state index is 0. The molecule has 0 aliphatic rings. The summed E-state index contributed by atoms with van der Waals surface area (Å²) in [5.41, 5.74) is 0. The molecule has 0 saturated heterocycles. The van der Waals surface area contributed by atoms with Crippen LogP contribution in [-0.4, -0.2) is 0 Å². The Bertz CT molecular complexity index is 9.61. The van der Waals surface area contributed by atoms with Gasteiger partial charge in [0, 0.05) is 0 Å². The van der Waals surface area contributed by atoms with Crippen LogP contribution in [0.5, 0.6) is 0 Å². The van der Waals surface area contributed by atoms with E-state index in [0.29, 0.717) is 0 Å². The van der Waals surface area contributed by atoms with Gasteiger partial charge in [0.15, 0.2) is 11.8 Å². The molecular weight excluding hydrogens is 148 g/mol. The van der Waals surface area contributed by atoms with Crippen molar-refractivity contribution in [2.24, 2.45) is 0 Å². The fourth-order valence-corrected chi connectivity index (χ4v) is 0. The summed E-state index contributed by atoms with van der Waals surface area (Å²) >= 11 is 4.00. The van der Waals surface area contributed by atoms with Gasteiger partial charge in [-0.3, -0.25) is 0 Å². The predicted octanol–water partition coefficient (Wildman–Crippen LogP) is 1.33.